The third kappa shape index (κ3) is 2.62. The third-order valence-corrected chi connectivity index (χ3v) is 2.27. The molecule has 1 saturated carbocycles. The smallest absolute Gasteiger partial charge is 0.113 e. The first-order valence-electron chi connectivity index (χ1n) is 4.41. The molecule has 1 nitrogen and oxygen atoms in total. The van der Waals surface area contributed by atoms with Crippen molar-refractivity contribution < 1.29 is 4.39 Å². The Morgan fingerprint density at radius 3 is 2.18 bits per heavy atom. The van der Waals surface area contributed by atoms with Crippen LogP contribution in [-0.2, 0) is 0 Å². The standard InChI is InChI=1S/C9H16FN/c10-9(7-11)8-5-3-1-2-4-6-8/h1-7,11H2. The maximum Gasteiger partial charge on any atom is 0.113 e. The molecule has 0 aliphatic heterocycles. The van der Waals surface area contributed by atoms with Crippen molar-refractivity contribution in [2.24, 2.45) is 5.73 Å². The zero-order valence-corrected chi connectivity index (χ0v) is 6.91. The maximum absolute atomic E-state index is 13.0. The second kappa shape index (κ2) is 4.50. The number of rotatable bonds is 1. The van der Waals surface area contributed by atoms with Gasteiger partial charge in [0.25, 0.3) is 0 Å². The molecule has 1 rings (SSSR count). The van der Waals surface area contributed by atoms with Crippen molar-refractivity contribution in [2.75, 3.05) is 6.54 Å². The molecule has 11 heavy (non-hydrogen) atoms. The molecule has 0 aromatic heterocycles. The largest absolute Gasteiger partial charge is 0.325 e. The Morgan fingerprint density at radius 1 is 1.18 bits per heavy atom. The van der Waals surface area contributed by atoms with Crippen LogP contribution >= 0.6 is 0 Å². The van der Waals surface area contributed by atoms with Crippen LogP contribution in [0.25, 0.3) is 0 Å². The predicted molar refractivity (Wildman–Crippen MR) is 44.9 cm³/mol. The molecule has 1 aliphatic carbocycles. The van der Waals surface area contributed by atoms with Crippen molar-refractivity contribution in [1.82, 2.24) is 0 Å². The summed E-state index contributed by atoms with van der Waals surface area (Å²) in [4.78, 5) is 0. The van der Waals surface area contributed by atoms with Gasteiger partial charge in [-0.05, 0) is 31.3 Å². The molecule has 0 radical (unpaired) electrons. The van der Waals surface area contributed by atoms with Crippen LogP contribution in [0.5, 0.6) is 0 Å². The van der Waals surface area contributed by atoms with Crippen LogP contribution in [0.15, 0.2) is 11.4 Å². The molecule has 0 unspecified atom stereocenters. The van der Waals surface area contributed by atoms with Crippen LogP contribution in [0.2, 0.25) is 0 Å². The van der Waals surface area contributed by atoms with Gasteiger partial charge in [0.1, 0.15) is 5.83 Å². The molecule has 0 aromatic carbocycles. The van der Waals surface area contributed by atoms with Gasteiger partial charge in [-0.2, -0.15) is 0 Å². The van der Waals surface area contributed by atoms with E-state index in [0.717, 1.165) is 31.3 Å². The molecule has 2 N–H and O–H groups in total. The molecule has 0 saturated heterocycles. The zero-order chi connectivity index (χ0) is 8.10. The van der Waals surface area contributed by atoms with Gasteiger partial charge in [0.2, 0.25) is 0 Å². The van der Waals surface area contributed by atoms with Gasteiger partial charge in [-0.1, -0.05) is 12.8 Å². The van der Waals surface area contributed by atoms with Gasteiger partial charge in [-0.25, -0.2) is 4.39 Å². The van der Waals surface area contributed by atoms with Gasteiger partial charge < -0.3 is 5.73 Å². The minimum atomic E-state index is -0.0631. The van der Waals surface area contributed by atoms with Gasteiger partial charge in [0, 0.05) is 6.54 Å². The molecule has 0 heterocycles. The van der Waals surface area contributed by atoms with Crippen LogP contribution in [0.1, 0.15) is 38.5 Å². The van der Waals surface area contributed by atoms with Gasteiger partial charge in [0.15, 0.2) is 0 Å². The molecule has 1 fully saturated rings. The predicted octanol–water partition coefficient (Wildman–Crippen LogP) is 2.52. The van der Waals surface area contributed by atoms with E-state index in [2.05, 4.69) is 0 Å². The highest BCUT2D eigenvalue weighted by Crippen LogP contribution is 2.24. The highest BCUT2D eigenvalue weighted by atomic mass is 19.1. The van der Waals surface area contributed by atoms with Gasteiger partial charge >= 0.3 is 0 Å². The van der Waals surface area contributed by atoms with Crippen LogP contribution < -0.4 is 5.73 Å². The van der Waals surface area contributed by atoms with Crippen molar-refractivity contribution in [2.45, 2.75) is 38.5 Å². The molecule has 64 valence electrons. The van der Waals surface area contributed by atoms with E-state index in [1.807, 2.05) is 0 Å². The van der Waals surface area contributed by atoms with E-state index < -0.39 is 0 Å². The summed E-state index contributed by atoms with van der Waals surface area (Å²) in [5.74, 6) is -0.0631. The SMILES string of the molecule is NCC(F)=C1CCCCCC1. The second-order valence-corrected chi connectivity index (χ2v) is 3.13. The van der Waals surface area contributed by atoms with Crippen molar-refractivity contribution in [3.8, 4) is 0 Å². The Kier molecular flexibility index (Phi) is 3.57. The molecule has 0 atom stereocenters. The van der Waals surface area contributed by atoms with E-state index >= 15 is 0 Å². The monoisotopic (exact) mass is 157 g/mol. The average Bonchev–Trinajstić information content (AvgIpc) is 2.30. The summed E-state index contributed by atoms with van der Waals surface area (Å²) < 4.78 is 13.0. The third-order valence-electron chi connectivity index (χ3n) is 2.27. The first kappa shape index (κ1) is 8.72. The average molecular weight is 157 g/mol. The minimum Gasteiger partial charge on any atom is -0.325 e. The van der Waals surface area contributed by atoms with Crippen LogP contribution in [-0.4, -0.2) is 6.54 Å². The lowest BCUT2D eigenvalue weighted by molar-refractivity contribution is 0.588. The van der Waals surface area contributed by atoms with E-state index in [1.165, 1.54) is 12.8 Å². The highest BCUT2D eigenvalue weighted by Gasteiger charge is 2.08. The first-order chi connectivity index (χ1) is 5.34. The van der Waals surface area contributed by atoms with Crippen molar-refractivity contribution in [3.63, 3.8) is 0 Å². The fourth-order valence-electron chi connectivity index (χ4n) is 1.57. The van der Waals surface area contributed by atoms with E-state index in [-0.39, 0.29) is 12.4 Å². The second-order valence-electron chi connectivity index (χ2n) is 3.13. The lowest BCUT2D eigenvalue weighted by atomic mass is 10.1. The fraction of sp³-hybridized carbons (Fsp3) is 0.778. The zero-order valence-electron chi connectivity index (χ0n) is 6.91. The van der Waals surface area contributed by atoms with Gasteiger partial charge in [-0.3, -0.25) is 0 Å². The Balaban J connectivity index is 2.54. The summed E-state index contributed by atoms with van der Waals surface area (Å²) >= 11 is 0. The molecule has 0 amide bonds. The van der Waals surface area contributed by atoms with Crippen LogP contribution in [0.3, 0.4) is 0 Å². The van der Waals surface area contributed by atoms with E-state index in [4.69, 9.17) is 5.73 Å². The van der Waals surface area contributed by atoms with E-state index in [9.17, 15) is 4.39 Å². The summed E-state index contributed by atoms with van der Waals surface area (Å²) in [7, 11) is 0. The molecular weight excluding hydrogens is 141 g/mol. The lowest BCUT2D eigenvalue weighted by Crippen LogP contribution is -2.02. The van der Waals surface area contributed by atoms with Gasteiger partial charge in [0.05, 0.1) is 0 Å². The lowest BCUT2D eigenvalue weighted by Gasteiger charge is -2.02. The molecule has 0 aromatic rings. The Labute approximate surface area is 67.5 Å². The minimum absolute atomic E-state index is 0.0631. The maximum atomic E-state index is 13.0. The molecular formula is C9H16FN. The van der Waals surface area contributed by atoms with Crippen molar-refractivity contribution in [1.29, 1.82) is 0 Å². The number of hydrogen-bond acceptors (Lipinski definition) is 1. The van der Waals surface area contributed by atoms with Crippen molar-refractivity contribution >= 4 is 0 Å². The number of hydrogen-bond donors (Lipinski definition) is 1. The molecule has 1 aliphatic rings. The normalized spacial score (nSPS) is 19.6. The topological polar surface area (TPSA) is 26.0 Å². The van der Waals surface area contributed by atoms with Crippen LogP contribution in [0.4, 0.5) is 4.39 Å². The van der Waals surface area contributed by atoms with E-state index in [0.29, 0.717) is 0 Å². The summed E-state index contributed by atoms with van der Waals surface area (Å²) in [5, 5.41) is 0. The van der Waals surface area contributed by atoms with Crippen molar-refractivity contribution in [3.05, 3.63) is 11.4 Å². The summed E-state index contributed by atoms with van der Waals surface area (Å²) in [6.45, 7) is 0.0926. The number of nitrogens with two attached hydrogens (primary N) is 1. The molecule has 0 bridgehead atoms. The van der Waals surface area contributed by atoms with Crippen LogP contribution in [0, 0.1) is 0 Å². The molecule has 0 spiro atoms. The van der Waals surface area contributed by atoms with Gasteiger partial charge in [-0.15, -0.1) is 0 Å². The Bertz CT molecular complexity index is 142. The number of allylic oxidation sites excluding steroid dienone is 1. The summed E-state index contributed by atoms with van der Waals surface area (Å²) in [5.41, 5.74) is 6.20. The highest BCUT2D eigenvalue weighted by molar-refractivity contribution is 5.09. The Hall–Kier alpha value is -0.370. The van der Waals surface area contributed by atoms with E-state index in [1.54, 1.807) is 0 Å². The number of halogens is 1. The molecule has 2 heteroatoms. The Morgan fingerprint density at radius 2 is 1.73 bits per heavy atom. The fourth-order valence-corrected chi connectivity index (χ4v) is 1.57. The summed E-state index contributed by atoms with van der Waals surface area (Å²) in [6, 6.07) is 0. The first-order valence-corrected chi connectivity index (χ1v) is 4.41. The quantitative estimate of drug-likeness (QED) is 0.581. The summed E-state index contributed by atoms with van der Waals surface area (Å²) in [6.07, 6.45) is 6.65.